The molecule has 0 heterocycles. The van der Waals surface area contributed by atoms with E-state index in [2.05, 4.69) is 5.32 Å². The molecule has 2 atom stereocenters. The van der Waals surface area contributed by atoms with E-state index in [0.29, 0.717) is 11.4 Å². The van der Waals surface area contributed by atoms with Crippen molar-refractivity contribution < 1.29 is 23.8 Å². The van der Waals surface area contributed by atoms with Gasteiger partial charge in [0, 0.05) is 5.69 Å². The molecule has 0 unspecified atom stereocenters. The maximum Gasteiger partial charge on any atom is 0.330 e. The van der Waals surface area contributed by atoms with E-state index >= 15 is 0 Å². The molecule has 3 N–H and O–H groups in total. The van der Waals surface area contributed by atoms with Crippen LogP contribution in [-0.4, -0.2) is 43.3 Å². The maximum absolute atomic E-state index is 12.2. The molecule has 7 heteroatoms. The first-order valence-corrected chi connectivity index (χ1v) is 7.73. The zero-order chi connectivity index (χ0) is 18.3. The van der Waals surface area contributed by atoms with Gasteiger partial charge >= 0.3 is 11.9 Å². The third-order valence-corrected chi connectivity index (χ3v) is 2.99. The molecule has 24 heavy (non-hydrogen) atoms. The van der Waals surface area contributed by atoms with Crippen LogP contribution in [0, 0.1) is 0 Å². The Hall–Kier alpha value is -2.28. The van der Waals surface area contributed by atoms with E-state index in [4.69, 9.17) is 19.9 Å². The topological polar surface area (TPSA) is 99.9 Å². The predicted octanol–water partition coefficient (Wildman–Crippen LogP) is 1.71. The van der Waals surface area contributed by atoms with Crippen LogP contribution in [0.5, 0.6) is 5.75 Å². The minimum atomic E-state index is -1.20. The van der Waals surface area contributed by atoms with Gasteiger partial charge in [-0.05, 0) is 52.0 Å². The Morgan fingerprint density at radius 1 is 1.17 bits per heavy atom. The Kier molecular flexibility index (Phi) is 7.03. The number of carbonyl (C=O) groups excluding carboxylic acids is 2. The molecule has 0 fully saturated rings. The smallest absolute Gasteiger partial charge is 0.330 e. The molecule has 0 spiro atoms. The highest BCUT2D eigenvalue weighted by atomic mass is 16.6. The molecule has 0 aliphatic heterocycles. The highest BCUT2D eigenvalue weighted by Crippen LogP contribution is 2.18. The number of nitrogens with one attached hydrogen (secondary N) is 1. The maximum atomic E-state index is 12.2. The quantitative estimate of drug-likeness (QED) is 0.730. The van der Waals surface area contributed by atoms with Crippen LogP contribution in [0.2, 0.25) is 0 Å². The van der Waals surface area contributed by atoms with Crippen molar-refractivity contribution in [3.05, 3.63) is 24.3 Å². The molecule has 0 saturated carbocycles. The van der Waals surface area contributed by atoms with Gasteiger partial charge in [-0.25, -0.2) is 4.79 Å². The molecular weight excluding hydrogens is 312 g/mol. The number of nitrogens with two attached hydrogens (primary N) is 1. The van der Waals surface area contributed by atoms with Crippen molar-refractivity contribution in [1.82, 2.24) is 0 Å². The first-order valence-electron chi connectivity index (χ1n) is 7.73. The van der Waals surface area contributed by atoms with Gasteiger partial charge in [0.15, 0.2) is 6.04 Å². The SMILES string of the molecule is CCOC(=O)[C@@H](Nc1ccc(OC)cc1)[C@H](N)C(=O)OC(C)(C)C. The van der Waals surface area contributed by atoms with E-state index in [1.54, 1.807) is 59.1 Å². The summed E-state index contributed by atoms with van der Waals surface area (Å²) in [6.07, 6.45) is 0. The minimum Gasteiger partial charge on any atom is -0.497 e. The fourth-order valence-corrected chi connectivity index (χ4v) is 1.90. The number of anilines is 1. The molecule has 0 aromatic heterocycles. The predicted molar refractivity (Wildman–Crippen MR) is 90.9 cm³/mol. The molecule has 134 valence electrons. The summed E-state index contributed by atoms with van der Waals surface area (Å²) in [6.45, 7) is 7.05. The molecule has 0 radical (unpaired) electrons. The van der Waals surface area contributed by atoms with Crippen LogP contribution in [0.15, 0.2) is 24.3 Å². The van der Waals surface area contributed by atoms with Gasteiger partial charge in [-0.2, -0.15) is 0 Å². The summed E-state index contributed by atoms with van der Waals surface area (Å²) in [5.41, 5.74) is 5.85. The first-order chi connectivity index (χ1) is 11.2. The van der Waals surface area contributed by atoms with Crippen LogP contribution < -0.4 is 15.8 Å². The number of benzene rings is 1. The van der Waals surface area contributed by atoms with Crippen molar-refractivity contribution in [2.75, 3.05) is 19.0 Å². The van der Waals surface area contributed by atoms with E-state index in [-0.39, 0.29) is 6.61 Å². The fraction of sp³-hybridized carbons (Fsp3) is 0.529. The Bertz CT molecular complexity index is 551. The summed E-state index contributed by atoms with van der Waals surface area (Å²) in [5, 5.41) is 2.93. The van der Waals surface area contributed by atoms with E-state index in [0.717, 1.165) is 0 Å². The van der Waals surface area contributed by atoms with Crippen molar-refractivity contribution in [2.45, 2.75) is 45.4 Å². The van der Waals surface area contributed by atoms with Gasteiger partial charge in [0.05, 0.1) is 13.7 Å². The normalized spacial score (nSPS) is 13.6. The number of rotatable bonds is 7. The lowest BCUT2D eigenvalue weighted by atomic mass is 10.1. The third kappa shape index (κ3) is 6.08. The molecule has 1 rings (SSSR count). The summed E-state index contributed by atoms with van der Waals surface area (Å²) >= 11 is 0. The van der Waals surface area contributed by atoms with Gasteiger partial charge in [-0.1, -0.05) is 0 Å². The van der Waals surface area contributed by atoms with E-state index < -0.39 is 29.6 Å². The van der Waals surface area contributed by atoms with Crippen LogP contribution in [0.3, 0.4) is 0 Å². The Labute approximate surface area is 142 Å². The average molecular weight is 338 g/mol. The number of hydrogen-bond donors (Lipinski definition) is 2. The minimum absolute atomic E-state index is 0.181. The lowest BCUT2D eigenvalue weighted by Crippen LogP contribution is -2.53. The summed E-state index contributed by atoms with van der Waals surface area (Å²) in [6, 6.07) is 4.62. The number of ether oxygens (including phenoxy) is 3. The zero-order valence-electron chi connectivity index (χ0n) is 14.8. The average Bonchev–Trinajstić information content (AvgIpc) is 2.51. The molecule has 0 saturated heterocycles. The fourth-order valence-electron chi connectivity index (χ4n) is 1.90. The highest BCUT2D eigenvalue weighted by Gasteiger charge is 2.35. The Morgan fingerprint density at radius 3 is 2.21 bits per heavy atom. The van der Waals surface area contributed by atoms with Crippen molar-refractivity contribution in [1.29, 1.82) is 0 Å². The molecule has 0 amide bonds. The molecule has 1 aromatic carbocycles. The van der Waals surface area contributed by atoms with Crippen molar-refractivity contribution in [3.63, 3.8) is 0 Å². The van der Waals surface area contributed by atoms with Gasteiger partial charge in [0.1, 0.15) is 17.4 Å². The second-order valence-electron chi connectivity index (χ2n) is 6.16. The second kappa shape index (κ2) is 8.54. The molecule has 1 aromatic rings. The Balaban J connectivity index is 2.93. The summed E-state index contributed by atoms with van der Waals surface area (Å²) in [4.78, 5) is 24.4. The first kappa shape index (κ1) is 19.8. The molecule has 0 aliphatic rings. The van der Waals surface area contributed by atoms with Crippen molar-refractivity contribution >= 4 is 17.6 Å². The summed E-state index contributed by atoms with van der Waals surface area (Å²) in [5.74, 6) is -0.627. The number of carbonyl (C=O) groups is 2. The van der Waals surface area contributed by atoms with Crippen molar-refractivity contribution in [3.8, 4) is 5.75 Å². The van der Waals surface area contributed by atoms with Gasteiger partial charge in [0.2, 0.25) is 0 Å². The monoisotopic (exact) mass is 338 g/mol. The van der Waals surface area contributed by atoms with Crippen molar-refractivity contribution in [2.24, 2.45) is 5.73 Å². The third-order valence-electron chi connectivity index (χ3n) is 2.99. The van der Waals surface area contributed by atoms with Crippen LogP contribution in [0.1, 0.15) is 27.7 Å². The van der Waals surface area contributed by atoms with Crippen LogP contribution >= 0.6 is 0 Å². The molecule has 0 bridgehead atoms. The van der Waals surface area contributed by atoms with E-state index in [1.165, 1.54) is 0 Å². The summed E-state index contributed by atoms with van der Waals surface area (Å²) < 4.78 is 15.3. The molecular formula is C17H26N2O5. The zero-order valence-corrected chi connectivity index (χ0v) is 14.8. The molecule has 0 aliphatic carbocycles. The largest absolute Gasteiger partial charge is 0.497 e. The summed E-state index contributed by atoms with van der Waals surface area (Å²) in [7, 11) is 1.56. The van der Waals surface area contributed by atoms with Crippen LogP contribution in [0.4, 0.5) is 5.69 Å². The Morgan fingerprint density at radius 2 is 1.75 bits per heavy atom. The van der Waals surface area contributed by atoms with Gasteiger partial charge in [0.25, 0.3) is 0 Å². The van der Waals surface area contributed by atoms with Crippen LogP contribution in [0.25, 0.3) is 0 Å². The lowest BCUT2D eigenvalue weighted by molar-refractivity contribution is -0.160. The molecule has 7 nitrogen and oxygen atoms in total. The van der Waals surface area contributed by atoms with E-state index in [9.17, 15) is 9.59 Å². The highest BCUT2D eigenvalue weighted by molar-refractivity contribution is 5.89. The second-order valence-corrected chi connectivity index (χ2v) is 6.16. The van der Waals surface area contributed by atoms with Gasteiger partial charge in [-0.3, -0.25) is 4.79 Å². The van der Waals surface area contributed by atoms with Crippen LogP contribution in [-0.2, 0) is 19.1 Å². The van der Waals surface area contributed by atoms with Gasteiger partial charge < -0.3 is 25.3 Å². The standard InChI is InChI=1S/C17H26N2O5/c1-6-23-16(21)14(13(18)15(20)24-17(2,3)4)19-11-7-9-12(22-5)10-8-11/h7-10,13-14,19H,6,18H2,1-5H3/t13-,14-/m0/s1. The van der Waals surface area contributed by atoms with E-state index in [1.807, 2.05) is 0 Å². The number of methoxy groups -OCH3 is 1. The number of esters is 2. The van der Waals surface area contributed by atoms with Gasteiger partial charge in [-0.15, -0.1) is 0 Å². The number of hydrogen-bond acceptors (Lipinski definition) is 7. The lowest BCUT2D eigenvalue weighted by Gasteiger charge is -2.27.